The van der Waals surface area contributed by atoms with Crippen LogP contribution in [0, 0.1) is 5.82 Å². The lowest BCUT2D eigenvalue weighted by molar-refractivity contribution is 0.0743. The van der Waals surface area contributed by atoms with Crippen molar-refractivity contribution in [1.82, 2.24) is 20.2 Å². The lowest BCUT2D eigenvalue weighted by Crippen LogP contribution is -2.45. The van der Waals surface area contributed by atoms with Gasteiger partial charge in [0.2, 0.25) is 0 Å². The first-order valence-electron chi connectivity index (χ1n) is 9.93. The summed E-state index contributed by atoms with van der Waals surface area (Å²) >= 11 is 12.5. The van der Waals surface area contributed by atoms with Gasteiger partial charge >= 0.3 is 0 Å². The number of aromatic nitrogens is 2. The van der Waals surface area contributed by atoms with E-state index in [0.29, 0.717) is 27.8 Å². The van der Waals surface area contributed by atoms with Crippen LogP contribution in [0.3, 0.4) is 0 Å². The Balaban J connectivity index is 1.61. The Kier molecular flexibility index (Phi) is 5.01. The second-order valence-electron chi connectivity index (χ2n) is 7.65. The highest BCUT2D eigenvalue weighted by molar-refractivity contribution is 6.35. The first kappa shape index (κ1) is 19.5. The summed E-state index contributed by atoms with van der Waals surface area (Å²) in [6, 6.07) is 9.79. The Morgan fingerprint density at radius 3 is 2.63 bits per heavy atom. The van der Waals surface area contributed by atoms with Crippen LogP contribution in [0.1, 0.15) is 40.9 Å². The van der Waals surface area contributed by atoms with E-state index in [0.717, 1.165) is 48.3 Å². The molecule has 1 aromatic heterocycles. The van der Waals surface area contributed by atoms with E-state index in [1.807, 2.05) is 5.01 Å². The van der Waals surface area contributed by atoms with Crippen LogP contribution in [0.25, 0.3) is 16.9 Å². The Morgan fingerprint density at radius 2 is 1.87 bits per heavy atom. The quantitative estimate of drug-likeness (QED) is 0.482. The van der Waals surface area contributed by atoms with E-state index < -0.39 is 0 Å². The lowest BCUT2D eigenvalue weighted by Gasteiger charge is -2.26. The number of nitrogens with one attached hydrogen (secondary N) is 1. The molecule has 30 heavy (non-hydrogen) atoms. The molecule has 1 aliphatic carbocycles. The molecule has 8 heteroatoms. The fourth-order valence-electron chi connectivity index (χ4n) is 4.24. The summed E-state index contributed by atoms with van der Waals surface area (Å²) < 4.78 is 15.5. The van der Waals surface area contributed by atoms with E-state index in [1.165, 1.54) is 18.6 Å². The van der Waals surface area contributed by atoms with E-state index in [4.69, 9.17) is 23.2 Å². The van der Waals surface area contributed by atoms with Crippen LogP contribution in [0.4, 0.5) is 4.39 Å². The van der Waals surface area contributed by atoms with Crippen molar-refractivity contribution in [3.63, 3.8) is 0 Å². The summed E-state index contributed by atoms with van der Waals surface area (Å²) in [7, 11) is 0. The molecule has 1 aliphatic heterocycles. The van der Waals surface area contributed by atoms with Crippen LogP contribution >= 0.6 is 23.2 Å². The molecule has 2 aromatic carbocycles. The van der Waals surface area contributed by atoms with Gasteiger partial charge in [0.15, 0.2) is 5.69 Å². The van der Waals surface area contributed by atoms with Crippen molar-refractivity contribution in [2.24, 2.45) is 0 Å². The van der Waals surface area contributed by atoms with Gasteiger partial charge in [-0.3, -0.25) is 10.2 Å². The normalized spacial score (nSPS) is 15.7. The van der Waals surface area contributed by atoms with E-state index >= 15 is 0 Å². The number of nitrogens with zero attached hydrogens (tertiary/aromatic N) is 3. The minimum atomic E-state index is -0.303. The van der Waals surface area contributed by atoms with Gasteiger partial charge in [-0.15, -0.1) is 0 Å². The maximum atomic E-state index is 13.8. The fraction of sp³-hybridized carbons (Fsp3) is 0.273. The SMILES string of the molecule is O=C(NN1CCCCC1)c1nn(-c2ccc(Cl)cc2Cl)c2c1Cc1cc(F)ccc1-2. The third kappa shape index (κ3) is 3.39. The molecule has 2 heterocycles. The summed E-state index contributed by atoms with van der Waals surface area (Å²) in [5, 5.41) is 7.51. The van der Waals surface area contributed by atoms with Crippen molar-refractivity contribution >= 4 is 29.1 Å². The zero-order valence-corrected chi connectivity index (χ0v) is 17.6. The summed E-state index contributed by atoms with van der Waals surface area (Å²) in [5.41, 5.74) is 7.14. The van der Waals surface area contributed by atoms with Gasteiger partial charge in [-0.25, -0.2) is 14.1 Å². The zero-order chi connectivity index (χ0) is 20.8. The van der Waals surface area contributed by atoms with Crippen LogP contribution in [0.5, 0.6) is 0 Å². The highest BCUT2D eigenvalue weighted by Gasteiger charge is 2.32. The molecule has 2 aliphatic rings. The molecular weight excluding hydrogens is 426 g/mol. The van der Waals surface area contributed by atoms with Crippen LogP contribution in [-0.4, -0.2) is 33.8 Å². The summed E-state index contributed by atoms with van der Waals surface area (Å²) in [5.74, 6) is -0.562. The van der Waals surface area contributed by atoms with E-state index in [9.17, 15) is 9.18 Å². The number of carbonyl (C=O) groups excluding carboxylic acids is 1. The number of hydrazine groups is 1. The molecule has 1 amide bonds. The molecule has 0 atom stereocenters. The minimum absolute atomic E-state index is 0.259. The number of benzene rings is 2. The van der Waals surface area contributed by atoms with Crippen molar-refractivity contribution in [2.45, 2.75) is 25.7 Å². The zero-order valence-electron chi connectivity index (χ0n) is 16.1. The van der Waals surface area contributed by atoms with Gasteiger partial charge in [-0.05, 0) is 54.8 Å². The van der Waals surface area contributed by atoms with Gasteiger partial charge in [0, 0.05) is 35.7 Å². The smallest absolute Gasteiger partial charge is 0.283 e. The standard InChI is InChI=1S/C22H19Cl2FN4O/c23-14-4-7-19(18(24)12-14)29-21-16-6-5-15(25)10-13(16)11-17(21)20(26-29)22(30)27-28-8-2-1-3-9-28/h4-7,10,12H,1-3,8-9,11H2,(H,27,30). The number of halogens is 3. The summed E-state index contributed by atoms with van der Waals surface area (Å²) in [4.78, 5) is 13.1. The fourth-order valence-corrected chi connectivity index (χ4v) is 4.73. The highest BCUT2D eigenvalue weighted by Crippen LogP contribution is 2.41. The molecule has 0 bridgehead atoms. The molecule has 0 spiro atoms. The number of hydrogen-bond acceptors (Lipinski definition) is 3. The summed E-state index contributed by atoms with van der Waals surface area (Å²) in [6.45, 7) is 1.65. The number of amides is 1. The molecule has 1 N–H and O–H groups in total. The van der Waals surface area contributed by atoms with Gasteiger partial charge in [0.25, 0.3) is 5.91 Å². The summed E-state index contributed by atoms with van der Waals surface area (Å²) in [6.07, 6.45) is 3.72. The van der Waals surface area contributed by atoms with Crippen LogP contribution < -0.4 is 5.43 Å². The van der Waals surface area contributed by atoms with Crippen LogP contribution in [-0.2, 0) is 6.42 Å². The van der Waals surface area contributed by atoms with E-state index in [-0.39, 0.29) is 11.7 Å². The van der Waals surface area contributed by atoms with E-state index in [1.54, 1.807) is 28.9 Å². The number of piperidine rings is 1. The van der Waals surface area contributed by atoms with Crippen molar-refractivity contribution in [1.29, 1.82) is 0 Å². The van der Waals surface area contributed by atoms with Gasteiger partial charge < -0.3 is 0 Å². The van der Waals surface area contributed by atoms with Gasteiger partial charge in [-0.2, -0.15) is 5.10 Å². The van der Waals surface area contributed by atoms with Crippen LogP contribution in [0.2, 0.25) is 10.0 Å². The molecule has 1 saturated heterocycles. The number of carbonyl (C=O) groups is 1. The monoisotopic (exact) mass is 444 g/mol. The Bertz CT molecular complexity index is 1150. The average Bonchev–Trinajstić information content (AvgIpc) is 3.25. The molecule has 5 rings (SSSR count). The van der Waals surface area contributed by atoms with Gasteiger partial charge in [0.1, 0.15) is 5.82 Å². The molecular formula is C22H19Cl2FN4O. The maximum Gasteiger partial charge on any atom is 0.286 e. The Labute approximate surface area is 183 Å². The molecule has 5 nitrogen and oxygen atoms in total. The maximum absolute atomic E-state index is 13.8. The predicted molar refractivity (Wildman–Crippen MR) is 115 cm³/mol. The molecule has 3 aromatic rings. The molecule has 0 unspecified atom stereocenters. The first-order valence-corrected chi connectivity index (χ1v) is 10.7. The van der Waals surface area contributed by atoms with Crippen LogP contribution in [0.15, 0.2) is 36.4 Å². The van der Waals surface area contributed by atoms with Gasteiger partial charge in [0.05, 0.1) is 16.4 Å². The molecule has 0 radical (unpaired) electrons. The predicted octanol–water partition coefficient (Wildman–Crippen LogP) is 5.02. The average molecular weight is 445 g/mol. The van der Waals surface area contributed by atoms with E-state index in [2.05, 4.69) is 10.5 Å². The topological polar surface area (TPSA) is 50.2 Å². The second kappa shape index (κ2) is 7.69. The number of fused-ring (bicyclic) bond motifs is 3. The van der Waals surface area contributed by atoms with Crippen molar-refractivity contribution < 1.29 is 9.18 Å². The van der Waals surface area contributed by atoms with Crippen molar-refractivity contribution in [3.05, 3.63) is 69.1 Å². The van der Waals surface area contributed by atoms with Crippen molar-refractivity contribution in [2.75, 3.05) is 13.1 Å². The minimum Gasteiger partial charge on any atom is -0.283 e. The third-order valence-electron chi connectivity index (χ3n) is 5.64. The molecule has 1 fully saturated rings. The Morgan fingerprint density at radius 1 is 1.07 bits per heavy atom. The number of rotatable bonds is 3. The third-order valence-corrected chi connectivity index (χ3v) is 6.18. The number of hydrogen-bond donors (Lipinski definition) is 1. The lowest BCUT2D eigenvalue weighted by atomic mass is 10.1. The first-order chi connectivity index (χ1) is 14.5. The highest BCUT2D eigenvalue weighted by atomic mass is 35.5. The molecule has 154 valence electrons. The van der Waals surface area contributed by atoms with Crippen molar-refractivity contribution in [3.8, 4) is 16.9 Å². The van der Waals surface area contributed by atoms with Gasteiger partial charge in [-0.1, -0.05) is 29.6 Å². The molecule has 0 saturated carbocycles. The Hall–Kier alpha value is -2.41. The second-order valence-corrected chi connectivity index (χ2v) is 8.49. The largest absolute Gasteiger partial charge is 0.286 e.